The van der Waals surface area contributed by atoms with Crippen molar-refractivity contribution in [3.8, 4) is 0 Å². The molecular formula is C11H24O2. The Morgan fingerprint density at radius 2 is 1.54 bits per heavy atom. The van der Waals surface area contributed by atoms with Crippen LogP contribution >= 0.6 is 0 Å². The summed E-state index contributed by atoms with van der Waals surface area (Å²) in [7, 11) is 0. The molecule has 2 heteroatoms. The smallest absolute Gasteiger partial charge is 0.0488 e. The predicted octanol–water partition coefficient (Wildman–Crippen LogP) is 2.87. The normalized spacial score (nSPS) is 11.1. The van der Waals surface area contributed by atoms with Crippen LogP contribution < -0.4 is 0 Å². The van der Waals surface area contributed by atoms with Gasteiger partial charge in [-0.25, -0.2) is 0 Å². The zero-order valence-corrected chi connectivity index (χ0v) is 9.34. The molecule has 0 aromatic carbocycles. The minimum atomic E-state index is 0.649. The fraction of sp³-hybridized carbons (Fsp3) is 1.00. The number of unbranched alkanes of at least 4 members (excludes halogenated alkanes) is 1. The summed E-state index contributed by atoms with van der Waals surface area (Å²) in [6.07, 6.45) is 3.36. The maximum atomic E-state index is 5.45. The van der Waals surface area contributed by atoms with Gasteiger partial charge in [0.05, 0.1) is 0 Å². The standard InChI is InChI=1S/C11H24O2/c1-4-7-12-8-5-6-9-13-10-11(2)3/h11H,4-10H2,1-3H3. The van der Waals surface area contributed by atoms with E-state index in [1.54, 1.807) is 0 Å². The largest absolute Gasteiger partial charge is 0.381 e. The van der Waals surface area contributed by atoms with E-state index in [1.165, 1.54) is 0 Å². The van der Waals surface area contributed by atoms with Crippen LogP contribution in [0.4, 0.5) is 0 Å². The number of ether oxygens (including phenoxy) is 2. The summed E-state index contributed by atoms with van der Waals surface area (Å²) in [4.78, 5) is 0. The van der Waals surface area contributed by atoms with Gasteiger partial charge < -0.3 is 9.47 Å². The van der Waals surface area contributed by atoms with Crippen LogP contribution in [0.5, 0.6) is 0 Å². The van der Waals surface area contributed by atoms with Gasteiger partial charge in [0.1, 0.15) is 0 Å². The molecule has 0 saturated carbocycles. The molecule has 0 aliphatic rings. The molecule has 0 aliphatic carbocycles. The topological polar surface area (TPSA) is 18.5 Å². The molecule has 0 saturated heterocycles. The molecule has 0 fully saturated rings. The van der Waals surface area contributed by atoms with E-state index in [0.29, 0.717) is 5.92 Å². The molecule has 2 nitrogen and oxygen atoms in total. The average molecular weight is 188 g/mol. The van der Waals surface area contributed by atoms with Gasteiger partial charge in [-0.05, 0) is 25.2 Å². The van der Waals surface area contributed by atoms with Gasteiger partial charge in [-0.15, -0.1) is 0 Å². The molecule has 0 heterocycles. The van der Waals surface area contributed by atoms with Crippen molar-refractivity contribution in [2.45, 2.75) is 40.0 Å². The van der Waals surface area contributed by atoms with Gasteiger partial charge in [-0.3, -0.25) is 0 Å². The molecule has 0 radical (unpaired) electrons. The van der Waals surface area contributed by atoms with Gasteiger partial charge in [0.15, 0.2) is 0 Å². The van der Waals surface area contributed by atoms with Gasteiger partial charge >= 0.3 is 0 Å². The lowest BCUT2D eigenvalue weighted by atomic mass is 10.2. The molecule has 0 aliphatic heterocycles. The van der Waals surface area contributed by atoms with Crippen molar-refractivity contribution in [1.82, 2.24) is 0 Å². The van der Waals surface area contributed by atoms with E-state index < -0.39 is 0 Å². The van der Waals surface area contributed by atoms with Crippen molar-refractivity contribution < 1.29 is 9.47 Å². The lowest BCUT2D eigenvalue weighted by Crippen LogP contribution is -2.04. The van der Waals surface area contributed by atoms with Gasteiger partial charge in [0.25, 0.3) is 0 Å². The van der Waals surface area contributed by atoms with E-state index in [1.807, 2.05) is 0 Å². The van der Waals surface area contributed by atoms with Crippen LogP contribution in [0.25, 0.3) is 0 Å². The summed E-state index contributed by atoms with van der Waals surface area (Å²) >= 11 is 0. The first-order chi connectivity index (χ1) is 6.27. The lowest BCUT2D eigenvalue weighted by Gasteiger charge is -2.06. The van der Waals surface area contributed by atoms with Crippen molar-refractivity contribution in [2.24, 2.45) is 5.92 Å². The van der Waals surface area contributed by atoms with E-state index in [9.17, 15) is 0 Å². The molecule has 0 unspecified atom stereocenters. The molecule has 80 valence electrons. The maximum absolute atomic E-state index is 5.45. The third-order valence-corrected chi connectivity index (χ3v) is 1.63. The zero-order valence-electron chi connectivity index (χ0n) is 9.34. The van der Waals surface area contributed by atoms with Crippen LogP contribution in [0.15, 0.2) is 0 Å². The fourth-order valence-electron chi connectivity index (χ4n) is 0.974. The Hall–Kier alpha value is -0.0800. The Kier molecular flexibility index (Phi) is 9.94. The monoisotopic (exact) mass is 188 g/mol. The molecule has 0 amide bonds. The highest BCUT2D eigenvalue weighted by atomic mass is 16.5. The Morgan fingerprint density at radius 3 is 2.08 bits per heavy atom. The van der Waals surface area contributed by atoms with Crippen molar-refractivity contribution in [3.05, 3.63) is 0 Å². The summed E-state index contributed by atoms with van der Waals surface area (Å²) in [5.41, 5.74) is 0. The highest BCUT2D eigenvalue weighted by Gasteiger charge is 1.93. The Morgan fingerprint density at radius 1 is 0.923 bits per heavy atom. The van der Waals surface area contributed by atoms with Gasteiger partial charge in [0.2, 0.25) is 0 Å². The Labute approximate surface area is 82.6 Å². The molecule has 0 N–H and O–H groups in total. The minimum absolute atomic E-state index is 0.649. The number of rotatable bonds is 9. The SMILES string of the molecule is CCCOCCCCOCC(C)C. The van der Waals surface area contributed by atoms with E-state index in [2.05, 4.69) is 20.8 Å². The Bertz CT molecular complexity index is 92.1. The van der Waals surface area contributed by atoms with Crippen LogP contribution in [0.2, 0.25) is 0 Å². The summed E-state index contributed by atoms with van der Waals surface area (Å²) in [6.45, 7) is 10.0. The second-order valence-electron chi connectivity index (χ2n) is 3.79. The van der Waals surface area contributed by atoms with Crippen LogP contribution in [0.3, 0.4) is 0 Å². The average Bonchev–Trinajstić information content (AvgIpc) is 2.09. The molecule has 0 atom stereocenters. The summed E-state index contributed by atoms with van der Waals surface area (Å²) < 4.78 is 10.8. The van der Waals surface area contributed by atoms with E-state index >= 15 is 0 Å². The van der Waals surface area contributed by atoms with Crippen molar-refractivity contribution in [2.75, 3.05) is 26.4 Å². The third-order valence-electron chi connectivity index (χ3n) is 1.63. The second-order valence-corrected chi connectivity index (χ2v) is 3.79. The quantitative estimate of drug-likeness (QED) is 0.518. The fourth-order valence-corrected chi connectivity index (χ4v) is 0.974. The molecular weight excluding hydrogens is 164 g/mol. The lowest BCUT2D eigenvalue weighted by molar-refractivity contribution is 0.0901. The first-order valence-electron chi connectivity index (χ1n) is 5.42. The van der Waals surface area contributed by atoms with E-state index in [0.717, 1.165) is 45.7 Å². The highest BCUT2D eigenvalue weighted by Crippen LogP contribution is 1.96. The molecule has 0 aromatic heterocycles. The summed E-state index contributed by atoms with van der Waals surface area (Å²) in [6, 6.07) is 0. The zero-order chi connectivity index (χ0) is 9.94. The van der Waals surface area contributed by atoms with Crippen molar-refractivity contribution in [3.63, 3.8) is 0 Å². The van der Waals surface area contributed by atoms with E-state index in [-0.39, 0.29) is 0 Å². The van der Waals surface area contributed by atoms with Gasteiger partial charge in [0, 0.05) is 26.4 Å². The third kappa shape index (κ3) is 11.9. The molecule has 13 heavy (non-hydrogen) atoms. The Balaban J connectivity index is 2.84. The number of hydrogen-bond donors (Lipinski definition) is 0. The highest BCUT2D eigenvalue weighted by molar-refractivity contribution is 4.42. The second kappa shape index (κ2) is 10.0. The first-order valence-corrected chi connectivity index (χ1v) is 5.42. The minimum Gasteiger partial charge on any atom is -0.381 e. The van der Waals surface area contributed by atoms with Crippen LogP contribution in [0.1, 0.15) is 40.0 Å². The van der Waals surface area contributed by atoms with E-state index in [4.69, 9.17) is 9.47 Å². The molecule has 0 aromatic rings. The number of hydrogen-bond acceptors (Lipinski definition) is 2. The molecule has 0 rings (SSSR count). The predicted molar refractivity (Wildman–Crippen MR) is 56.0 cm³/mol. The van der Waals surface area contributed by atoms with Gasteiger partial charge in [-0.2, -0.15) is 0 Å². The van der Waals surface area contributed by atoms with Crippen molar-refractivity contribution in [1.29, 1.82) is 0 Å². The van der Waals surface area contributed by atoms with Crippen LogP contribution in [-0.4, -0.2) is 26.4 Å². The van der Waals surface area contributed by atoms with Crippen molar-refractivity contribution >= 4 is 0 Å². The summed E-state index contributed by atoms with van der Waals surface area (Å²) in [5.74, 6) is 0.649. The maximum Gasteiger partial charge on any atom is 0.0488 e. The molecule has 0 bridgehead atoms. The van der Waals surface area contributed by atoms with Gasteiger partial charge in [-0.1, -0.05) is 20.8 Å². The van der Waals surface area contributed by atoms with Crippen LogP contribution in [0, 0.1) is 5.92 Å². The first kappa shape index (κ1) is 12.9. The summed E-state index contributed by atoms with van der Waals surface area (Å²) in [5, 5.41) is 0. The van der Waals surface area contributed by atoms with Crippen LogP contribution in [-0.2, 0) is 9.47 Å². The molecule has 0 spiro atoms.